The Morgan fingerprint density at radius 3 is 2.61 bits per heavy atom. The third kappa shape index (κ3) is 3.59. The molecule has 0 spiro atoms. The molecule has 1 aromatic rings. The predicted octanol–water partition coefficient (Wildman–Crippen LogP) is 5.17. The fourth-order valence-corrected chi connectivity index (χ4v) is 2.01. The molecule has 0 aliphatic heterocycles. The number of fused-ring (bicyclic) bond motifs is 1. The zero-order valence-electron chi connectivity index (χ0n) is 11.1. The van der Waals surface area contributed by atoms with Crippen LogP contribution in [0.3, 0.4) is 0 Å². The van der Waals surface area contributed by atoms with Gasteiger partial charge in [-0.3, -0.25) is 0 Å². The second-order valence-electron chi connectivity index (χ2n) is 4.88. The first-order chi connectivity index (χ1) is 8.75. The third-order valence-corrected chi connectivity index (χ3v) is 3.10. The molecule has 1 aliphatic carbocycles. The number of hydrogen-bond donors (Lipinski definition) is 0. The zero-order valence-corrected chi connectivity index (χ0v) is 11.1. The third-order valence-electron chi connectivity index (χ3n) is 3.10. The molecule has 0 fully saturated rings. The van der Waals surface area contributed by atoms with Crippen LogP contribution in [0.4, 0.5) is 0 Å². The monoisotopic (exact) mass is 236 g/mol. The van der Waals surface area contributed by atoms with E-state index in [0.29, 0.717) is 5.92 Å². The van der Waals surface area contributed by atoms with E-state index in [0.717, 1.165) is 6.42 Å². The lowest BCUT2D eigenvalue weighted by atomic mass is 10.0. The Kier molecular flexibility index (Phi) is 4.35. The summed E-state index contributed by atoms with van der Waals surface area (Å²) in [5.74, 6) is 0.593. The highest BCUT2D eigenvalue weighted by molar-refractivity contribution is 5.67. The molecular formula is C18H20. The molecule has 0 bridgehead atoms. The van der Waals surface area contributed by atoms with Gasteiger partial charge in [-0.1, -0.05) is 79.3 Å². The van der Waals surface area contributed by atoms with Crippen LogP contribution in [0, 0.1) is 12.8 Å². The van der Waals surface area contributed by atoms with E-state index in [1.54, 1.807) is 0 Å². The van der Waals surface area contributed by atoms with Crippen LogP contribution in [-0.4, -0.2) is 0 Å². The minimum absolute atomic E-state index is 0.593. The normalized spacial score (nSPS) is 26.2. The fourth-order valence-electron chi connectivity index (χ4n) is 2.01. The average Bonchev–Trinajstić information content (AvgIpc) is 2.34. The van der Waals surface area contributed by atoms with E-state index in [2.05, 4.69) is 80.7 Å². The summed E-state index contributed by atoms with van der Waals surface area (Å²) in [6, 6.07) is 6.56. The molecule has 92 valence electrons. The van der Waals surface area contributed by atoms with E-state index in [4.69, 9.17) is 0 Å². The van der Waals surface area contributed by atoms with E-state index in [1.165, 1.54) is 16.7 Å². The molecule has 0 radical (unpaired) electrons. The van der Waals surface area contributed by atoms with Crippen molar-refractivity contribution in [1.82, 2.24) is 0 Å². The highest BCUT2D eigenvalue weighted by Crippen LogP contribution is 2.16. The van der Waals surface area contributed by atoms with E-state index in [1.807, 2.05) is 0 Å². The molecule has 0 amide bonds. The molecular weight excluding hydrogens is 216 g/mol. The first-order valence-corrected chi connectivity index (χ1v) is 6.54. The predicted molar refractivity (Wildman–Crippen MR) is 81.3 cm³/mol. The van der Waals surface area contributed by atoms with E-state index in [9.17, 15) is 0 Å². The van der Waals surface area contributed by atoms with Crippen LogP contribution in [0.25, 0.3) is 12.2 Å². The van der Waals surface area contributed by atoms with Gasteiger partial charge in [-0.15, -0.1) is 0 Å². The first-order valence-electron chi connectivity index (χ1n) is 6.54. The summed E-state index contributed by atoms with van der Waals surface area (Å²) in [5, 5.41) is 0. The van der Waals surface area contributed by atoms with Crippen LogP contribution in [0.1, 0.15) is 30.0 Å². The summed E-state index contributed by atoms with van der Waals surface area (Å²) < 4.78 is 0. The lowest BCUT2D eigenvalue weighted by Gasteiger charge is -2.03. The Morgan fingerprint density at radius 1 is 0.944 bits per heavy atom. The maximum Gasteiger partial charge on any atom is -0.0181 e. The number of hydrogen-bond acceptors (Lipinski definition) is 0. The van der Waals surface area contributed by atoms with Crippen molar-refractivity contribution < 1.29 is 0 Å². The fraction of sp³-hybridized carbons (Fsp3) is 0.222. The molecule has 0 saturated carbocycles. The quantitative estimate of drug-likeness (QED) is 0.582. The van der Waals surface area contributed by atoms with Crippen molar-refractivity contribution in [2.75, 3.05) is 0 Å². The summed E-state index contributed by atoms with van der Waals surface area (Å²) in [5.41, 5.74) is 3.84. The molecule has 0 saturated heterocycles. The van der Waals surface area contributed by atoms with Gasteiger partial charge in [0.15, 0.2) is 0 Å². The Morgan fingerprint density at radius 2 is 1.72 bits per heavy atom. The number of aryl methyl sites for hydroxylation is 1. The standard InChI is InChI=1S/C18H20/c1-15-8-4-3-5-10-17-13-12-16(2)14-18(17)11-7-6-9-15/h3-7,9-15H,8H2,1-2H3/b4-3+,9-6-,10-5+,11-7-. The number of rotatable bonds is 0. The number of allylic oxidation sites excluding steroid dienone is 6. The summed E-state index contributed by atoms with van der Waals surface area (Å²) in [6.07, 6.45) is 18.5. The molecule has 1 unspecified atom stereocenters. The average molecular weight is 236 g/mol. The molecule has 1 aliphatic rings. The zero-order chi connectivity index (χ0) is 12.8. The smallest absolute Gasteiger partial charge is 0.0181 e. The van der Waals surface area contributed by atoms with Crippen molar-refractivity contribution in [3.8, 4) is 0 Å². The minimum Gasteiger partial charge on any atom is -0.0840 e. The van der Waals surface area contributed by atoms with Crippen molar-refractivity contribution in [2.24, 2.45) is 5.92 Å². The lowest BCUT2D eigenvalue weighted by molar-refractivity contribution is 0.744. The summed E-state index contributed by atoms with van der Waals surface area (Å²) in [7, 11) is 0. The van der Waals surface area contributed by atoms with Crippen LogP contribution in [0.5, 0.6) is 0 Å². The van der Waals surface area contributed by atoms with Gasteiger partial charge in [0.25, 0.3) is 0 Å². The van der Waals surface area contributed by atoms with Crippen molar-refractivity contribution >= 4 is 12.2 Å². The highest BCUT2D eigenvalue weighted by Gasteiger charge is 1.97. The van der Waals surface area contributed by atoms with E-state index < -0.39 is 0 Å². The minimum atomic E-state index is 0.593. The van der Waals surface area contributed by atoms with Crippen LogP contribution >= 0.6 is 0 Å². The maximum atomic E-state index is 2.25. The van der Waals surface area contributed by atoms with E-state index >= 15 is 0 Å². The Balaban J connectivity index is 2.38. The van der Waals surface area contributed by atoms with Crippen LogP contribution in [0.2, 0.25) is 0 Å². The highest BCUT2D eigenvalue weighted by atomic mass is 14.0. The SMILES string of the molecule is Cc1ccc2c(c1)/C=C\C=C/C(C)C/C=C/C=C/2. The molecule has 1 atom stereocenters. The second-order valence-corrected chi connectivity index (χ2v) is 4.88. The molecule has 0 aromatic heterocycles. The molecule has 0 heterocycles. The van der Waals surface area contributed by atoms with Gasteiger partial charge in [0.1, 0.15) is 0 Å². The van der Waals surface area contributed by atoms with Crippen molar-refractivity contribution in [3.05, 3.63) is 71.3 Å². The molecule has 1 aromatic carbocycles. The van der Waals surface area contributed by atoms with Crippen LogP contribution < -0.4 is 0 Å². The number of benzene rings is 1. The van der Waals surface area contributed by atoms with Gasteiger partial charge < -0.3 is 0 Å². The largest absolute Gasteiger partial charge is 0.0840 e. The van der Waals surface area contributed by atoms with Gasteiger partial charge >= 0.3 is 0 Å². The van der Waals surface area contributed by atoms with Gasteiger partial charge in [-0.2, -0.15) is 0 Å². The molecule has 2 rings (SSSR count). The van der Waals surface area contributed by atoms with Gasteiger partial charge in [0, 0.05) is 0 Å². The van der Waals surface area contributed by atoms with Gasteiger partial charge in [-0.05, 0) is 30.4 Å². The molecule has 18 heavy (non-hydrogen) atoms. The summed E-state index contributed by atoms with van der Waals surface area (Å²) >= 11 is 0. The lowest BCUT2D eigenvalue weighted by Crippen LogP contribution is -1.86. The Bertz CT molecular complexity index is 513. The summed E-state index contributed by atoms with van der Waals surface area (Å²) in [6.45, 7) is 4.37. The van der Waals surface area contributed by atoms with Crippen LogP contribution in [0.15, 0.2) is 54.7 Å². The van der Waals surface area contributed by atoms with Crippen LogP contribution in [-0.2, 0) is 0 Å². The van der Waals surface area contributed by atoms with Crippen molar-refractivity contribution in [2.45, 2.75) is 20.3 Å². The topological polar surface area (TPSA) is 0 Å². The van der Waals surface area contributed by atoms with Crippen molar-refractivity contribution in [3.63, 3.8) is 0 Å². The second kappa shape index (κ2) is 6.20. The van der Waals surface area contributed by atoms with Gasteiger partial charge in [0.05, 0.1) is 0 Å². The summed E-state index contributed by atoms with van der Waals surface area (Å²) in [4.78, 5) is 0. The van der Waals surface area contributed by atoms with Gasteiger partial charge in [-0.25, -0.2) is 0 Å². The molecule has 0 nitrogen and oxygen atoms in total. The first kappa shape index (κ1) is 12.6. The Hall–Kier alpha value is -1.82. The van der Waals surface area contributed by atoms with E-state index in [-0.39, 0.29) is 0 Å². The molecule has 0 heteroatoms. The van der Waals surface area contributed by atoms with Gasteiger partial charge in [0.2, 0.25) is 0 Å². The molecule has 0 N–H and O–H groups in total. The maximum absolute atomic E-state index is 2.25. The Labute approximate surface area is 110 Å². The van der Waals surface area contributed by atoms with Crippen molar-refractivity contribution in [1.29, 1.82) is 0 Å².